The monoisotopic (exact) mass is 426 g/mol. The predicted molar refractivity (Wildman–Crippen MR) is 117 cm³/mol. The third-order valence-corrected chi connectivity index (χ3v) is 7.05. The van der Waals surface area contributed by atoms with Crippen LogP contribution in [0, 0.1) is 13.8 Å². The number of carbonyl (C=O) groups is 1. The number of hydrogen-bond donors (Lipinski definition) is 1. The van der Waals surface area contributed by atoms with E-state index < -0.39 is 9.84 Å². The maximum absolute atomic E-state index is 13.6. The van der Waals surface area contributed by atoms with Gasteiger partial charge >= 0.3 is 0 Å². The van der Waals surface area contributed by atoms with Crippen molar-refractivity contribution >= 4 is 21.6 Å². The first-order chi connectivity index (χ1) is 14.2. The zero-order valence-electron chi connectivity index (χ0n) is 17.8. The van der Waals surface area contributed by atoms with Crippen molar-refractivity contribution in [1.82, 2.24) is 4.57 Å². The van der Waals surface area contributed by atoms with E-state index in [4.69, 9.17) is 4.74 Å². The molecule has 0 aliphatic heterocycles. The van der Waals surface area contributed by atoms with Gasteiger partial charge in [-0.3, -0.25) is 4.79 Å². The van der Waals surface area contributed by atoms with Gasteiger partial charge in [-0.2, -0.15) is 0 Å². The van der Waals surface area contributed by atoms with Crippen LogP contribution in [0.5, 0.6) is 5.75 Å². The summed E-state index contributed by atoms with van der Waals surface area (Å²) < 4.78 is 34.1. The van der Waals surface area contributed by atoms with Gasteiger partial charge in [0.25, 0.3) is 5.91 Å². The molecule has 3 rings (SSSR count). The Morgan fingerprint density at radius 1 is 1.00 bits per heavy atom. The molecule has 0 aliphatic carbocycles. The molecule has 0 fully saturated rings. The fourth-order valence-electron chi connectivity index (χ4n) is 3.53. The van der Waals surface area contributed by atoms with E-state index in [-0.39, 0.29) is 27.6 Å². The molecular formula is C23H26N2O4S. The van der Waals surface area contributed by atoms with Gasteiger partial charge in [0, 0.05) is 17.3 Å². The molecule has 1 N–H and O–H groups in total. The Morgan fingerprint density at radius 2 is 1.60 bits per heavy atom. The molecule has 2 aromatic carbocycles. The molecule has 1 aromatic heterocycles. The molecule has 30 heavy (non-hydrogen) atoms. The largest absolute Gasteiger partial charge is 0.497 e. The summed E-state index contributed by atoms with van der Waals surface area (Å²) in [6.45, 7) is 7.53. The van der Waals surface area contributed by atoms with E-state index in [1.807, 2.05) is 31.4 Å². The highest BCUT2D eigenvalue weighted by molar-refractivity contribution is 7.91. The number of sulfone groups is 1. The molecule has 0 saturated heterocycles. The lowest BCUT2D eigenvalue weighted by Crippen LogP contribution is -2.18. The average Bonchev–Trinajstić information content (AvgIpc) is 2.99. The number of aromatic nitrogens is 1. The predicted octanol–water partition coefficient (Wildman–Crippen LogP) is 4.78. The van der Waals surface area contributed by atoms with Crippen LogP contribution in [0.3, 0.4) is 0 Å². The fraction of sp³-hybridized carbons (Fsp3) is 0.261. The molecule has 0 atom stereocenters. The lowest BCUT2D eigenvalue weighted by Gasteiger charge is -2.17. The van der Waals surface area contributed by atoms with Crippen LogP contribution in [0.2, 0.25) is 0 Å². The van der Waals surface area contributed by atoms with E-state index >= 15 is 0 Å². The van der Waals surface area contributed by atoms with Crippen molar-refractivity contribution in [3.8, 4) is 5.75 Å². The number of nitrogens with one attached hydrogen (secondary N) is 1. The molecule has 1 heterocycles. The summed E-state index contributed by atoms with van der Waals surface area (Å²) in [5.74, 6) is 0.491. The van der Waals surface area contributed by atoms with Crippen molar-refractivity contribution in [1.29, 1.82) is 0 Å². The molecular weight excluding hydrogens is 400 g/mol. The summed E-state index contributed by atoms with van der Waals surface area (Å²) in [5, 5.41) is 2.86. The summed E-state index contributed by atoms with van der Waals surface area (Å²) in [6, 6.07) is 14.9. The Labute approximate surface area is 177 Å². The van der Waals surface area contributed by atoms with Gasteiger partial charge in [-0.05, 0) is 69.7 Å². The number of nitrogens with zero attached hydrogens (tertiary/aromatic N) is 1. The van der Waals surface area contributed by atoms with Crippen LogP contribution in [-0.2, 0) is 9.84 Å². The first-order valence-corrected chi connectivity index (χ1v) is 11.1. The first-order valence-electron chi connectivity index (χ1n) is 9.65. The lowest BCUT2D eigenvalue weighted by molar-refractivity contribution is 0.102. The zero-order chi connectivity index (χ0) is 22.1. The van der Waals surface area contributed by atoms with E-state index in [0.717, 1.165) is 5.69 Å². The minimum atomic E-state index is -3.88. The van der Waals surface area contributed by atoms with E-state index in [9.17, 15) is 13.2 Å². The van der Waals surface area contributed by atoms with Crippen LogP contribution >= 0.6 is 0 Å². The third-order valence-electron chi connectivity index (χ3n) is 5.12. The van der Waals surface area contributed by atoms with Gasteiger partial charge in [-0.1, -0.05) is 18.2 Å². The molecule has 6 nitrogen and oxygen atoms in total. The number of ether oxygens (including phenoxy) is 1. The number of methoxy groups -OCH3 is 1. The van der Waals surface area contributed by atoms with Gasteiger partial charge in [-0.25, -0.2) is 8.42 Å². The van der Waals surface area contributed by atoms with Gasteiger partial charge in [0.05, 0.1) is 12.0 Å². The first kappa shape index (κ1) is 21.6. The summed E-state index contributed by atoms with van der Waals surface area (Å²) in [6.07, 6.45) is 0. The fourth-order valence-corrected chi connectivity index (χ4v) is 5.22. The second-order valence-electron chi connectivity index (χ2n) is 7.35. The smallest absolute Gasteiger partial charge is 0.256 e. The molecule has 158 valence electrons. The number of hydrogen-bond acceptors (Lipinski definition) is 4. The second kappa shape index (κ2) is 8.36. The van der Waals surface area contributed by atoms with E-state index in [1.165, 1.54) is 19.2 Å². The van der Waals surface area contributed by atoms with Gasteiger partial charge < -0.3 is 14.6 Å². The molecule has 0 unspecified atom stereocenters. The molecule has 0 spiro atoms. The molecule has 1 amide bonds. The number of carbonyl (C=O) groups excluding carboxylic acids is 1. The summed E-state index contributed by atoms with van der Waals surface area (Å²) in [4.78, 5) is 13.1. The maximum atomic E-state index is 13.6. The van der Waals surface area contributed by atoms with E-state index in [2.05, 4.69) is 5.32 Å². The highest BCUT2D eigenvalue weighted by atomic mass is 32.2. The Balaban J connectivity index is 2.18. The molecule has 0 aliphatic rings. The van der Waals surface area contributed by atoms with Crippen LogP contribution in [0.25, 0.3) is 0 Å². The van der Waals surface area contributed by atoms with Crippen LogP contribution in [-0.4, -0.2) is 26.0 Å². The number of amides is 1. The van der Waals surface area contributed by atoms with Gasteiger partial charge in [-0.15, -0.1) is 0 Å². The number of rotatable bonds is 6. The standard InChI is InChI=1S/C23H26N2O4S/c1-15(2)25-17(4)16(3)21(22(25)24-23(26)18-9-7-6-8-10-18)30(27,28)20-13-11-19(29-5)12-14-20/h6-15H,1-5H3,(H,24,26). The van der Waals surface area contributed by atoms with Crippen molar-refractivity contribution in [2.75, 3.05) is 12.4 Å². The topological polar surface area (TPSA) is 77.4 Å². The zero-order valence-corrected chi connectivity index (χ0v) is 18.6. The average molecular weight is 427 g/mol. The van der Waals surface area contributed by atoms with Crippen molar-refractivity contribution < 1.29 is 17.9 Å². The summed E-state index contributed by atoms with van der Waals surface area (Å²) in [5.41, 5.74) is 1.86. The SMILES string of the molecule is COc1ccc(S(=O)(=O)c2c(C)c(C)n(C(C)C)c2NC(=O)c2ccccc2)cc1. The minimum absolute atomic E-state index is 0.0467. The van der Waals surface area contributed by atoms with Crippen molar-refractivity contribution in [3.05, 3.63) is 71.4 Å². The third kappa shape index (κ3) is 3.85. The number of benzene rings is 2. The normalized spacial score (nSPS) is 11.5. The molecule has 0 radical (unpaired) electrons. The minimum Gasteiger partial charge on any atom is -0.497 e. The van der Waals surface area contributed by atoms with Crippen LogP contribution in [0.4, 0.5) is 5.82 Å². The Morgan fingerprint density at radius 3 is 2.13 bits per heavy atom. The number of anilines is 1. The van der Waals surface area contributed by atoms with Gasteiger partial charge in [0.2, 0.25) is 9.84 Å². The van der Waals surface area contributed by atoms with Crippen LogP contribution < -0.4 is 10.1 Å². The highest BCUT2D eigenvalue weighted by Gasteiger charge is 2.31. The molecule has 3 aromatic rings. The highest BCUT2D eigenvalue weighted by Crippen LogP contribution is 2.37. The second-order valence-corrected chi connectivity index (χ2v) is 9.24. The molecule has 7 heteroatoms. The Kier molecular flexibility index (Phi) is 6.03. The van der Waals surface area contributed by atoms with E-state index in [1.54, 1.807) is 43.3 Å². The lowest BCUT2D eigenvalue weighted by atomic mass is 10.2. The summed E-state index contributed by atoms with van der Waals surface area (Å²) in [7, 11) is -2.35. The van der Waals surface area contributed by atoms with Crippen LogP contribution in [0.15, 0.2) is 64.4 Å². The Hall–Kier alpha value is -3.06. The van der Waals surface area contributed by atoms with Crippen molar-refractivity contribution in [2.24, 2.45) is 0 Å². The van der Waals surface area contributed by atoms with Crippen molar-refractivity contribution in [2.45, 2.75) is 43.5 Å². The van der Waals surface area contributed by atoms with E-state index in [0.29, 0.717) is 16.9 Å². The van der Waals surface area contributed by atoms with Crippen LogP contribution in [0.1, 0.15) is 41.5 Å². The molecule has 0 saturated carbocycles. The summed E-state index contributed by atoms with van der Waals surface area (Å²) >= 11 is 0. The van der Waals surface area contributed by atoms with Gasteiger partial charge in [0.15, 0.2) is 0 Å². The maximum Gasteiger partial charge on any atom is 0.256 e. The Bertz CT molecular complexity index is 1160. The molecule has 0 bridgehead atoms. The van der Waals surface area contributed by atoms with Crippen molar-refractivity contribution in [3.63, 3.8) is 0 Å². The van der Waals surface area contributed by atoms with Gasteiger partial charge in [0.1, 0.15) is 16.5 Å². The quantitative estimate of drug-likeness (QED) is 0.615.